The number of halogens is 2. The molecule has 1 aliphatic heterocycles. The SMILES string of the molecule is Cc1ccc(C(O)=C2C(=O)C(=O)N(c3nc(C)c(C)s3)C2c2ccc(Cl)c(Cl)c2)cc1. The van der Waals surface area contributed by atoms with Gasteiger partial charge in [0.15, 0.2) is 5.13 Å². The lowest BCUT2D eigenvalue weighted by Gasteiger charge is -2.23. The molecule has 1 unspecified atom stereocenters. The van der Waals surface area contributed by atoms with E-state index in [4.69, 9.17) is 23.2 Å². The van der Waals surface area contributed by atoms with E-state index in [1.54, 1.807) is 30.3 Å². The number of rotatable bonds is 3. The fourth-order valence-electron chi connectivity index (χ4n) is 3.45. The number of hydrogen-bond donors (Lipinski definition) is 1. The number of amides is 1. The molecule has 1 aromatic heterocycles. The van der Waals surface area contributed by atoms with Crippen LogP contribution in [-0.2, 0) is 9.59 Å². The number of anilines is 1. The van der Waals surface area contributed by atoms with Crippen molar-refractivity contribution >= 4 is 57.1 Å². The molecule has 3 aromatic rings. The van der Waals surface area contributed by atoms with Crippen LogP contribution >= 0.6 is 34.5 Å². The molecular weight excluding hydrogens is 455 g/mol. The second-order valence-electron chi connectivity index (χ2n) is 7.35. The largest absolute Gasteiger partial charge is 0.507 e. The average molecular weight is 473 g/mol. The molecule has 0 bridgehead atoms. The molecule has 1 aliphatic rings. The number of Topliss-reactive ketones (excluding diaryl/α,β-unsaturated/α-hetero) is 1. The third-order valence-electron chi connectivity index (χ3n) is 5.25. The highest BCUT2D eigenvalue weighted by molar-refractivity contribution is 7.16. The Morgan fingerprint density at radius 1 is 1.03 bits per heavy atom. The lowest BCUT2D eigenvalue weighted by Crippen LogP contribution is -2.29. The first-order valence-electron chi connectivity index (χ1n) is 9.46. The maximum absolute atomic E-state index is 13.1. The zero-order valence-electron chi connectivity index (χ0n) is 16.9. The number of carbonyl (C=O) groups is 2. The monoisotopic (exact) mass is 472 g/mol. The molecule has 5 nitrogen and oxygen atoms in total. The van der Waals surface area contributed by atoms with Crippen LogP contribution in [0.3, 0.4) is 0 Å². The molecule has 2 heterocycles. The second-order valence-corrected chi connectivity index (χ2v) is 9.34. The molecule has 1 saturated heterocycles. The predicted octanol–water partition coefficient (Wildman–Crippen LogP) is 6.00. The van der Waals surface area contributed by atoms with E-state index < -0.39 is 17.7 Å². The summed E-state index contributed by atoms with van der Waals surface area (Å²) in [5.41, 5.74) is 2.76. The third kappa shape index (κ3) is 3.76. The minimum absolute atomic E-state index is 0.0160. The number of aryl methyl sites for hydroxylation is 3. The number of aliphatic hydroxyl groups excluding tert-OH is 1. The third-order valence-corrected chi connectivity index (χ3v) is 7.06. The molecule has 0 spiro atoms. The lowest BCUT2D eigenvalue weighted by molar-refractivity contribution is -0.132. The summed E-state index contributed by atoms with van der Waals surface area (Å²) in [6.45, 7) is 5.66. The fraction of sp³-hybridized carbons (Fsp3) is 0.174. The minimum Gasteiger partial charge on any atom is -0.507 e. The van der Waals surface area contributed by atoms with Gasteiger partial charge >= 0.3 is 5.91 Å². The fourth-order valence-corrected chi connectivity index (χ4v) is 4.70. The number of benzene rings is 2. The van der Waals surface area contributed by atoms with Crippen LogP contribution in [0.5, 0.6) is 0 Å². The summed E-state index contributed by atoms with van der Waals surface area (Å²) in [5.74, 6) is -1.78. The van der Waals surface area contributed by atoms with Crippen molar-refractivity contribution in [3.8, 4) is 0 Å². The van der Waals surface area contributed by atoms with E-state index in [0.29, 0.717) is 21.3 Å². The van der Waals surface area contributed by atoms with E-state index in [9.17, 15) is 14.7 Å². The summed E-state index contributed by atoms with van der Waals surface area (Å²) in [4.78, 5) is 32.9. The van der Waals surface area contributed by atoms with Crippen molar-refractivity contribution < 1.29 is 14.7 Å². The summed E-state index contributed by atoms with van der Waals surface area (Å²) in [5, 5.41) is 12.1. The summed E-state index contributed by atoms with van der Waals surface area (Å²) in [7, 11) is 0. The summed E-state index contributed by atoms with van der Waals surface area (Å²) in [6, 6.07) is 11.1. The van der Waals surface area contributed by atoms with Crippen LogP contribution in [0.1, 0.15) is 33.3 Å². The van der Waals surface area contributed by atoms with E-state index >= 15 is 0 Å². The van der Waals surface area contributed by atoms with Crippen LogP contribution in [0.15, 0.2) is 48.0 Å². The van der Waals surface area contributed by atoms with Gasteiger partial charge < -0.3 is 5.11 Å². The number of ketones is 1. The zero-order valence-corrected chi connectivity index (χ0v) is 19.3. The van der Waals surface area contributed by atoms with Gasteiger partial charge in [0.25, 0.3) is 5.78 Å². The van der Waals surface area contributed by atoms with Crippen molar-refractivity contribution in [2.24, 2.45) is 0 Å². The molecular formula is C23H18Cl2N2O3S. The Kier molecular flexibility index (Phi) is 5.64. The van der Waals surface area contributed by atoms with Gasteiger partial charge in [-0.25, -0.2) is 4.98 Å². The molecule has 158 valence electrons. The molecule has 8 heteroatoms. The minimum atomic E-state index is -0.888. The van der Waals surface area contributed by atoms with Gasteiger partial charge in [-0.15, -0.1) is 11.3 Å². The predicted molar refractivity (Wildman–Crippen MR) is 124 cm³/mol. The molecule has 1 N–H and O–H groups in total. The van der Waals surface area contributed by atoms with Crippen LogP contribution < -0.4 is 4.90 Å². The number of carbonyl (C=O) groups excluding carboxylic acids is 2. The summed E-state index contributed by atoms with van der Waals surface area (Å²) < 4.78 is 0. The maximum Gasteiger partial charge on any atom is 0.301 e. The molecule has 4 rings (SSSR count). The van der Waals surface area contributed by atoms with Crippen LogP contribution in [0.4, 0.5) is 5.13 Å². The molecule has 1 fully saturated rings. The number of hydrogen-bond acceptors (Lipinski definition) is 5. The second kappa shape index (κ2) is 8.11. The first kappa shape index (κ1) is 21.6. The number of thiazole rings is 1. The van der Waals surface area contributed by atoms with E-state index in [2.05, 4.69) is 4.98 Å². The molecule has 1 amide bonds. The number of aromatic nitrogens is 1. The average Bonchev–Trinajstić information content (AvgIpc) is 3.20. The zero-order chi connectivity index (χ0) is 22.4. The van der Waals surface area contributed by atoms with Gasteiger partial charge in [-0.2, -0.15) is 0 Å². The van der Waals surface area contributed by atoms with Gasteiger partial charge in [0.2, 0.25) is 0 Å². The quantitative estimate of drug-likeness (QED) is 0.288. The highest BCUT2D eigenvalue weighted by Gasteiger charge is 2.48. The molecule has 2 aromatic carbocycles. The Morgan fingerprint density at radius 3 is 2.29 bits per heavy atom. The Bertz CT molecular complexity index is 1230. The van der Waals surface area contributed by atoms with Crippen molar-refractivity contribution in [1.82, 2.24) is 4.98 Å². The van der Waals surface area contributed by atoms with E-state index in [-0.39, 0.29) is 16.4 Å². The van der Waals surface area contributed by atoms with Gasteiger partial charge in [0, 0.05) is 10.4 Å². The van der Waals surface area contributed by atoms with Crippen LogP contribution in [0.25, 0.3) is 5.76 Å². The highest BCUT2D eigenvalue weighted by Crippen LogP contribution is 2.44. The van der Waals surface area contributed by atoms with E-state index in [0.717, 1.165) is 16.1 Å². The summed E-state index contributed by atoms with van der Waals surface area (Å²) >= 11 is 13.6. The Morgan fingerprint density at radius 2 is 1.71 bits per heavy atom. The molecule has 1 atom stereocenters. The molecule has 0 radical (unpaired) electrons. The Hall–Kier alpha value is -2.67. The van der Waals surface area contributed by atoms with E-state index in [1.165, 1.54) is 16.2 Å². The summed E-state index contributed by atoms with van der Waals surface area (Å²) in [6.07, 6.45) is 0. The van der Waals surface area contributed by atoms with Gasteiger partial charge in [-0.3, -0.25) is 14.5 Å². The van der Waals surface area contributed by atoms with Gasteiger partial charge in [0.05, 0.1) is 27.4 Å². The van der Waals surface area contributed by atoms with Gasteiger partial charge in [-0.05, 0) is 38.5 Å². The highest BCUT2D eigenvalue weighted by atomic mass is 35.5. The van der Waals surface area contributed by atoms with Crippen LogP contribution in [0.2, 0.25) is 10.0 Å². The molecule has 0 saturated carbocycles. The van der Waals surface area contributed by atoms with Crippen molar-refractivity contribution in [2.45, 2.75) is 26.8 Å². The number of aliphatic hydroxyl groups is 1. The van der Waals surface area contributed by atoms with Crippen LogP contribution in [0, 0.1) is 20.8 Å². The standard InChI is InChI=1S/C23H18Cl2N2O3S/c1-11-4-6-14(7-5-11)20(28)18-19(15-8-9-16(24)17(25)10-15)27(22(30)21(18)29)23-26-12(2)13(3)31-23/h4-10,19,28H,1-3H3. The molecule has 31 heavy (non-hydrogen) atoms. The lowest BCUT2D eigenvalue weighted by atomic mass is 9.95. The van der Waals surface area contributed by atoms with Crippen molar-refractivity contribution in [2.75, 3.05) is 4.90 Å². The van der Waals surface area contributed by atoms with Crippen molar-refractivity contribution in [3.63, 3.8) is 0 Å². The first-order valence-corrected chi connectivity index (χ1v) is 11.0. The maximum atomic E-state index is 13.1. The van der Waals surface area contributed by atoms with Crippen LogP contribution in [-0.4, -0.2) is 21.8 Å². The topological polar surface area (TPSA) is 70.5 Å². The number of nitrogens with zero attached hydrogens (tertiary/aromatic N) is 2. The molecule has 0 aliphatic carbocycles. The Balaban J connectivity index is 1.97. The van der Waals surface area contributed by atoms with Gasteiger partial charge in [-0.1, -0.05) is 59.1 Å². The first-order chi connectivity index (χ1) is 14.7. The van der Waals surface area contributed by atoms with Gasteiger partial charge in [0.1, 0.15) is 5.76 Å². The smallest absolute Gasteiger partial charge is 0.301 e. The van der Waals surface area contributed by atoms with Crippen molar-refractivity contribution in [3.05, 3.63) is 85.3 Å². The normalized spacial score (nSPS) is 18.1. The van der Waals surface area contributed by atoms with E-state index in [1.807, 2.05) is 32.9 Å². The Labute approximate surface area is 193 Å². The van der Waals surface area contributed by atoms with Crippen molar-refractivity contribution in [1.29, 1.82) is 0 Å².